The standard InChI is InChI=1S/C27H29NO5/c1-27(2,13-16-7-8-17-5-3-4-6-18(17)11-16)28-14-19(29)15-32-20-9-10-22-21(12-20)23-24(26(30)31)25(23)33-22/h3-12,19,23-25,28-29H,13-15H2,1-2H3,(H,30,31)/t19-,23?,24?,25?/m1/s1. The maximum atomic E-state index is 11.3. The lowest BCUT2D eigenvalue weighted by molar-refractivity contribution is -0.139. The summed E-state index contributed by atoms with van der Waals surface area (Å²) in [6, 6.07) is 20.3. The molecule has 3 aromatic rings. The Morgan fingerprint density at radius 1 is 1.12 bits per heavy atom. The van der Waals surface area contributed by atoms with Crippen molar-refractivity contribution in [1.82, 2.24) is 5.32 Å². The Balaban J connectivity index is 1.12. The number of aliphatic hydroxyl groups is 1. The van der Waals surface area contributed by atoms with Crippen LogP contribution in [0.4, 0.5) is 0 Å². The number of hydrogen-bond donors (Lipinski definition) is 3. The first-order valence-corrected chi connectivity index (χ1v) is 11.4. The predicted octanol–water partition coefficient (Wildman–Crippen LogP) is 3.75. The lowest BCUT2D eigenvalue weighted by Gasteiger charge is -2.28. The monoisotopic (exact) mass is 447 g/mol. The summed E-state index contributed by atoms with van der Waals surface area (Å²) in [4.78, 5) is 11.3. The number of rotatable bonds is 9. The molecule has 4 atom stereocenters. The van der Waals surface area contributed by atoms with Gasteiger partial charge in [0.25, 0.3) is 0 Å². The molecule has 1 heterocycles. The number of benzene rings is 3. The fraction of sp³-hybridized carbons (Fsp3) is 0.370. The van der Waals surface area contributed by atoms with E-state index >= 15 is 0 Å². The highest BCUT2D eigenvalue weighted by molar-refractivity contribution is 5.83. The van der Waals surface area contributed by atoms with Crippen LogP contribution in [0.1, 0.15) is 30.9 Å². The first-order valence-electron chi connectivity index (χ1n) is 11.4. The number of carboxylic acids is 1. The molecule has 0 amide bonds. The molecule has 5 rings (SSSR count). The van der Waals surface area contributed by atoms with Gasteiger partial charge in [0.2, 0.25) is 0 Å². The number of nitrogens with one attached hydrogen (secondary N) is 1. The number of carboxylic acid groups (broad SMARTS) is 1. The molecule has 3 unspecified atom stereocenters. The number of β-amino-alcohol motifs (C(OH)–C–C–N with tert-alkyl or cyclic N) is 1. The highest BCUT2D eigenvalue weighted by atomic mass is 16.5. The van der Waals surface area contributed by atoms with Crippen LogP contribution in [0.5, 0.6) is 11.5 Å². The van der Waals surface area contributed by atoms with Crippen molar-refractivity contribution in [3.63, 3.8) is 0 Å². The number of hydrogen-bond acceptors (Lipinski definition) is 5. The van der Waals surface area contributed by atoms with Crippen LogP contribution >= 0.6 is 0 Å². The van der Waals surface area contributed by atoms with E-state index < -0.39 is 18.0 Å². The molecular formula is C27H29NO5. The van der Waals surface area contributed by atoms with Gasteiger partial charge in [0, 0.05) is 23.6 Å². The summed E-state index contributed by atoms with van der Waals surface area (Å²) in [5.74, 6) is -0.0401. The predicted molar refractivity (Wildman–Crippen MR) is 126 cm³/mol. The number of aliphatic hydroxyl groups excluding tert-OH is 1. The molecular weight excluding hydrogens is 418 g/mol. The second kappa shape index (κ2) is 8.36. The van der Waals surface area contributed by atoms with Crippen LogP contribution < -0.4 is 14.8 Å². The van der Waals surface area contributed by atoms with Crippen molar-refractivity contribution in [1.29, 1.82) is 0 Å². The van der Waals surface area contributed by atoms with Crippen LogP contribution in [0.15, 0.2) is 60.7 Å². The van der Waals surface area contributed by atoms with Gasteiger partial charge in [-0.1, -0.05) is 42.5 Å². The SMILES string of the molecule is CC(C)(Cc1ccc2ccccc2c1)NC[C@@H](O)COc1ccc2c(c1)C1C(O2)C1C(=O)O. The van der Waals surface area contributed by atoms with Gasteiger partial charge in [-0.3, -0.25) is 4.79 Å². The average molecular weight is 448 g/mol. The van der Waals surface area contributed by atoms with Crippen molar-refractivity contribution < 1.29 is 24.5 Å². The third-order valence-electron chi connectivity index (χ3n) is 6.56. The maximum Gasteiger partial charge on any atom is 0.311 e. The summed E-state index contributed by atoms with van der Waals surface area (Å²) < 4.78 is 11.5. The fourth-order valence-electron chi connectivity index (χ4n) is 4.79. The van der Waals surface area contributed by atoms with E-state index in [-0.39, 0.29) is 24.2 Å². The molecule has 0 bridgehead atoms. The first-order chi connectivity index (χ1) is 15.8. The Labute approximate surface area is 193 Å². The molecule has 1 fully saturated rings. The average Bonchev–Trinajstić information content (AvgIpc) is 3.39. The molecule has 0 radical (unpaired) electrons. The number of fused-ring (bicyclic) bond motifs is 4. The summed E-state index contributed by atoms with van der Waals surface area (Å²) in [5, 5.41) is 25.6. The zero-order valence-electron chi connectivity index (χ0n) is 18.8. The van der Waals surface area contributed by atoms with Crippen molar-refractivity contribution >= 4 is 16.7 Å². The second-order valence-electron chi connectivity index (χ2n) is 9.76. The van der Waals surface area contributed by atoms with Crippen molar-refractivity contribution in [3.8, 4) is 11.5 Å². The summed E-state index contributed by atoms with van der Waals surface area (Å²) >= 11 is 0. The molecule has 3 aromatic carbocycles. The van der Waals surface area contributed by atoms with Gasteiger partial charge in [-0.15, -0.1) is 0 Å². The molecule has 0 saturated heterocycles. The van der Waals surface area contributed by atoms with E-state index in [0.29, 0.717) is 12.3 Å². The topological polar surface area (TPSA) is 88.0 Å². The Bertz CT molecular complexity index is 1190. The molecule has 0 spiro atoms. The van der Waals surface area contributed by atoms with Gasteiger partial charge >= 0.3 is 5.97 Å². The van der Waals surface area contributed by atoms with E-state index in [2.05, 4.69) is 49.5 Å². The third kappa shape index (κ3) is 4.54. The van der Waals surface area contributed by atoms with Crippen LogP contribution in [-0.2, 0) is 11.2 Å². The minimum absolute atomic E-state index is 0.0939. The zero-order chi connectivity index (χ0) is 23.2. The summed E-state index contributed by atoms with van der Waals surface area (Å²) in [6.07, 6.45) is -0.0954. The molecule has 6 nitrogen and oxygen atoms in total. The number of aliphatic carboxylic acids is 1. The molecule has 1 aliphatic carbocycles. The molecule has 2 aliphatic rings. The van der Waals surface area contributed by atoms with Crippen LogP contribution in [-0.4, -0.2) is 47.1 Å². The van der Waals surface area contributed by atoms with E-state index in [1.807, 2.05) is 24.3 Å². The largest absolute Gasteiger partial charge is 0.491 e. The Morgan fingerprint density at radius 2 is 1.91 bits per heavy atom. The van der Waals surface area contributed by atoms with Crippen LogP contribution in [0.2, 0.25) is 0 Å². The lowest BCUT2D eigenvalue weighted by atomic mass is 9.93. The molecule has 172 valence electrons. The first kappa shape index (κ1) is 21.7. The summed E-state index contributed by atoms with van der Waals surface area (Å²) in [6.45, 7) is 4.80. The van der Waals surface area contributed by atoms with E-state index in [1.54, 1.807) is 6.07 Å². The Kier molecular flexibility index (Phi) is 5.51. The molecule has 33 heavy (non-hydrogen) atoms. The molecule has 1 saturated carbocycles. The van der Waals surface area contributed by atoms with E-state index in [1.165, 1.54) is 16.3 Å². The summed E-state index contributed by atoms with van der Waals surface area (Å²) in [5.41, 5.74) is 1.94. The number of ether oxygens (including phenoxy) is 2. The van der Waals surface area contributed by atoms with Gasteiger partial charge in [-0.25, -0.2) is 0 Å². The maximum absolute atomic E-state index is 11.3. The van der Waals surface area contributed by atoms with Crippen molar-refractivity contribution in [2.24, 2.45) is 5.92 Å². The minimum Gasteiger partial charge on any atom is -0.491 e. The molecule has 0 aromatic heterocycles. The van der Waals surface area contributed by atoms with E-state index in [9.17, 15) is 15.0 Å². The van der Waals surface area contributed by atoms with Crippen LogP contribution in [0.3, 0.4) is 0 Å². The second-order valence-corrected chi connectivity index (χ2v) is 9.76. The smallest absolute Gasteiger partial charge is 0.311 e. The zero-order valence-corrected chi connectivity index (χ0v) is 18.8. The third-order valence-corrected chi connectivity index (χ3v) is 6.56. The van der Waals surface area contributed by atoms with Crippen LogP contribution in [0.25, 0.3) is 10.8 Å². The Hall–Kier alpha value is -3.09. The van der Waals surface area contributed by atoms with Gasteiger partial charge in [-0.2, -0.15) is 0 Å². The van der Waals surface area contributed by atoms with Gasteiger partial charge in [0.05, 0.1) is 0 Å². The van der Waals surface area contributed by atoms with Gasteiger partial charge in [0.15, 0.2) is 0 Å². The summed E-state index contributed by atoms with van der Waals surface area (Å²) in [7, 11) is 0. The molecule has 6 heteroatoms. The molecule has 3 N–H and O–H groups in total. The van der Waals surface area contributed by atoms with Crippen molar-refractivity contribution in [2.75, 3.05) is 13.2 Å². The van der Waals surface area contributed by atoms with Crippen molar-refractivity contribution in [3.05, 3.63) is 71.8 Å². The normalized spacial score (nSPS) is 21.7. The highest BCUT2D eigenvalue weighted by Gasteiger charge is 2.63. The molecule has 1 aliphatic heterocycles. The minimum atomic E-state index is -0.824. The van der Waals surface area contributed by atoms with Gasteiger partial charge < -0.3 is 25.0 Å². The van der Waals surface area contributed by atoms with E-state index in [4.69, 9.17) is 9.47 Å². The quantitative estimate of drug-likeness (QED) is 0.463. The highest BCUT2D eigenvalue weighted by Crippen LogP contribution is 2.58. The van der Waals surface area contributed by atoms with Gasteiger partial charge in [-0.05, 0) is 54.8 Å². The van der Waals surface area contributed by atoms with Crippen LogP contribution in [0, 0.1) is 5.92 Å². The fourth-order valence-corrected chi connectivity index (χ4v) is 4.79. The Morgan fingerprint density at radius 3 is 2.70 bits per heavy atom. The van der Waals surface area contributed by atoms with Crippen molar-refractivity contribution in [2.45, 2.75) is 43.9 Å². The van der Waals surface area contributed by atoms with E-state index in [0.717, 1.165) is 17.7 Å². The number of carbonyl (C=O) groups is 1. The lowest BCUT2D eigenvalue weighted by Crippen LogP contribution is -2.46. The van der Waals surface area contributed by atoms with Gasteiger partial charge in [0.1, 0.15) is 36.2 Å².